The molecule has 1 unspecified atom stereocenters. The maximum absolute atomic E-state index is 13.9. The number of halogens is 2. The van der Waals surface area contributed by atoms with Crippen LogP contribution >= 0.6 is 0 Å². The molecule has 0 bridgehead atoms. The molecule has 0 aliphatic heterocycles. The average Bonchev–Trinajstić information content (AvgIpc) is 2.73. The number of hydrogen-bond acceptors (Lipinski definition) is 4. The first-order valence-electron chi connectivity index (χ1n) is 8.63. The molecule has 0 saturated heterocycles. The van der Waals surface area contributed by atoms with Crippen LogP contribution in [-0.2, 0) is 10.0 Å². The molecule has 0 fully saturated rings. The zero-order chi connectivity index (χ0) is 21.7. The maximum atomic E-state index is 13.9. The van der Waals surface area contributed by atoms with Crippen molar-refractivity contribution in [2.45, 2.75) is 10.9 Å². The van der Waals surface area contributed by atoms with Gasteiger partial charge in [0.15, 0.2) is 0 Å². The first kappa shape index (κ1) is 21.0. The van der Waals surface area contributed by atoms with Gasteiger partial charge in [-0.3, -0.25) is 9.52 Å². The Labute approximate surface area is 171 Å². The number of sulfonamides is 1. The highest BCUT2D eigenvalue weighted by molar-refractivity contribution is 7.92. The molecule has 3 rings (SSSR count). The molecule has 0 radical (unpaired) electrons. The third-order valence-electron chi connectivity index (χ3n) is 4.11. The van der Waals surface area contributed by atoms with Gasteiger partial charge in [-0.25, -0.2) is 17.2 Å². The summed E-state index contributed by atoms with van der Waals surface area (Å²) in [5.74, 6) is -2.50. The lowest BCUT2D eigenvalue weighted by Gasteiger charge is -2.14. The van der Waals surface area contributed by atoms with Gasteiger partial charge in [0.25, 0.3) is 15.9 Å². The van der Waals surface area contributed by atoms with Crippen molar-refractivity contribution in [3.63, 3.8) is 0 Å². The van der Waals surface area contributed by atoms with E-state index in [1.54, 1.807) is 24.3 Å². The molecule has 0 spiro atoms. The molecule has 3 aromatic carbocycles. The van der Waals surface area contributed by atoms with Gasteiger partial charge in [0.2, 0.25) is 0 Å². The Balaban J connectivity index is 1.80. The summed E-state index contributed by atoms with van der Waals surface area (Å²) in [7, 11) is -3.86. The van der Waals surface area contributed by atoms with Crippen molar-refractivity contribution in [3.05, 3.63) is 95.6 Å². The summed E-state index contributed by atoms with van der Waals surface area (Å²) in [6.45, 7) is 0. The van der Waals surface area contributed by atoms with Gasteiger partial charge in [-0.15, -0.1) is 0 Å². The second-order valence-electron chi connectivity index (χ2n) is 6.20. The Morgan fingerprint density at radius 1 is 0.967 bits per heavy atom. The van der Waals surface area contributed by atoms with Gasteiger partial charge in [-0.2, -0.15) is 5.26 Å². The molecule has 2 N–H and O–H groups in total. The predicted molar refractivity (Wildman–Crippen MR) is 106 cm³/mol. The van der Waals surface area contributed by atoms with Crippen LogP contribution in [0.25, 0.3) is 0 Å². The second-order valence-corrected chi connectivity index (χ2v) is 7.88. The Kier molecular flexibility index (Phi) is 6.09. The van der Waals surface area contributed by atoms with E-state index in [4.69, 9.17) is 0 Å². The SMILES string of the molecule is N#CC(NC(=O)c1cccc(NS(=O)(=O)c2ccccc2)c1)c1ccc(F)cc1F. The van der Waals surface area contributed by atoms with Crippen LogP contribution in [0.3, 0.4) is 0 Å². The molecule has 9 heteroatoms. The van der Waals surface area contributed by atoms with Gasteiger partial charge in [-0.1, -0.05) is 30.3 Å². The molecule has 30 heavy (non-hydrogen) atoms. The van der Waals surface area contributed by atoms with E-state index in [0.717, 1.165) is 12.1 Å². The highest BCUT2D eigenvalue weighted by Crippen LogP contribution is 2.20. The summed E-state index contributed by atoms with van der Waals surface area (Å²) < 4.78 is 54.2. The van der Waals surface area contributed by atoms with Gasteiger partial charge in [0, 0.05) is 22.9 Å². The minimum atomic E-state index is -3.86. The lowest BCUT2D eigenvalue weighted by Crippen LogP contribution is -2.28. The molecule has 1 atom stereocenters. The smallest absolute Gasteiger partial charge is 0.261 e. The molecular formula is C21H15F2N3O3S. The summed E-state index contributed by atoms with van der Waals surface area (Å²) in [5.41, 5.74) is -0.00723. The van der Waals surface area contributed by atoms with Crippen LogP contribution in [0.2, 0.25) is 0 Å². The van der Waals surface area contributed by atoms with Crippen LogP contribution in [0.15, 0.2) is 77.7 Å². The fourth-order valence-corrected chi connectivity index (χ4v) is 3.74. The van der Waals surface area contributed by atoms with Crippen LogP contribution in [0.4, 0.5) is 14.5 Å². The minimum absolute atomic E-state index is 0.0473. The number of nitrogens with one attached hydrogen (secondary N) is 2. The summed E-state index contributed by atoms with van der Waals surface area (Å²) in [6, 6.07) is 16.3. The predicted octanol–water partition coefficient (Wildman–Crippen LogP) is 3.76. The van der Waals surface area contributed by atoms with Gasteiger partial charge in [0.05, 0.1) is 11.0 Å². The lowest BCUT2D eigenvalue weighted by atomic mass is 10.1. The Morgan fingerprint density at radius 3 is 2.37 bits per heavy atom. The molecule has 3 aromatic rings. The summed E-state index contributed by atoms with van der Waals surface area (Å²) in [4.78, 5) is 12.6. The Morgan fingerprint density at radius 2 is 1.70 bits per heavy atom. The second kappa shape index (κ2) is 8.71. The standard InChI is InChI=1S/C21H15F2N3O3S/c22-15-9-10-18(19(23)12-15)20(13-24)25-21(27)14-5-4-6-16(11-14)26-30(28,29)17-7-2-1-3-8-17/h1-12,20,26H,(H,25,27). The Hall–Kier alpha value is -3.77. The molecule has 0 aliphatic rings. The van der Waals surface area contributed by atoms with Crippen molar-refractivity contribution >= 4 is 21.6 Å². The number of rotatable bonds is 6. The molecule has 0 saturated carbocycles. The van der Waals surface area contributed by atoms with Gasteiger partial charge in [0.1, 0.15) is 17.7 Å². The number of amides is 1. The van der Waals surface area contributed by atoms with Crippen LogP contribution in [0, 0.1) is 23.0 Å². The van der Waals surface area contributed by atoms with E-state index in [2.05, 4.69) is 10.0 Å². The molecule has 152 valence electrons. The van der Waals surface area contributed by atoms with Crippen LogP contribution < -0.4 is 10.0 Å². The third-order valence-corrected chi connectivity index (χ3v) is 5.51. The highest BCUT2D eigenvalue weighted by Gasteiger charge is 2.20. The summed E-state index contributed by atoms with van der Waals surface area (Å²) >= 11 is 0. The number of anilines is 1. The molecule has 0 aliphatic carbocycles. The fraction of sp³-hybridized carbons (Fsp3) is 0.0476. The average molecular weight is 427 g/mol. The summed E-state index contributed by atoms with van der Waals surface area (Å²) in [6.07, 6.45) is 0. The van der Waals surface area contributed by atoms with Gasteiger partial charge in [-0.05, 0) is 36.4 Å². The number of nitriles is 1. The van der Waals surface area contributed by atoms with Crippen LogP contribution in [0.5, 0.6) is 0 Å². The topological polar surface area (TPSA) is 99.1 Å². The third kappa shape index (κ3) is 4.79. The maximum Gasteiger partial charge on any atom is 0.261 e. The molecule has 1 amide bonds. The van der Waals surface area contributed by atoms with Crippen molar-refractivity contribution in [2.75, 3.05) is 4.72 Å². The normalized spacial score (nSPS) is 11.9. The lowest BCUT2D eigenvalue weighted by molar-refractivity contribution is 0.0944. The molecule has 0 aromatic heterocycles. The van der Waals surface area contributed by atoms with Crippen molar-refractivity contribution in [3.8, 4) is 6.07 Å². The zero-order valence-electron chi connectivity index (χ0n) is 15.3. The van der Waals surface area contributed by atoms with E-state index < -0.39 is 33.6 Å². The Bertz CT molecular complexity index is 1230. The van der Waals surface area contributed by atoms with E-state index in [9.17, 15) is 27.3 Å². The number of hydrogen-bond donors (Lipinski definition) is 2. The monoisotopic (exact) mass is 427 g/mol. The first-order chi connectivity index (χ1) is 14.3. The minimum Gasteiger partial charge on any atom is -0.332 e. The summed E-state index contributed by atoms with van der Waals surface area (Å²) in [5, 5.41) is 11.6. The van der Waals surface area contributed by atoms with Crippen LogP contribution in [0.1, 0.15) is 22.0 Å². The van der Waals surface area contributed by atoms with Crippen molar-refractivity contribution in [1.29, 1.82) is 5.26 Å². The van der Waals surface area contributed by atoms with Crippen molar-refractivity contribution in [1.82, 2.24) is 5.32 Å². The van der Waals surface area contributed by atoms with E-state index in [1.165, 1.54) is 36.4 Å². The fourth-order valence-electron chi connectivity index (χ4n) is 2.67. The zero-order valence-corrected chi connectivity index (χ0v) is 16.2. The number of carbonyl (C=O) groups excluding carboxylic acids is 1. The van der Waals surface area contributed by atoms with E-state index in [0.29, 0.717) is 6.07 Å². The van der Waals surface area contributed by atoms with Crippen LogP contribution in [-0.4, -0.2) is 14.3 Å². The largest absolute Gasteiger partial charge is 0.332 e. The number of nitrogens with zero attached hydrogens (tertiary/aromatic N) is 1. The highest BCUT2D eigenvalue weighted by atomic mass is 32.2. The van der Waals surface area contributed by atoms with Gasteiger partial charge < -0.3 is 5.32 Å². The molecule has 6 nitrogen and oxygen atoms in total. The quantitative estimate of drug-likeness (QED) is 0.626. The van der Waals surface area contributed by atoms with E-state index in [1.807, 2.05) is 0 Å². The van der Waals surface area contributed by atoms with Gasteiger partial charge >= 0.3 is 0 Å². The molecular weight excluding hydrogens is 412 g/mol. The number of benzene rings is 3. The van der Waals surface area contributed by atoms with E-state index >= 15 is 0 Å². The number of carbonyl (C=O) groups is 1. The first-order valence-corrected chi connectivity index (χ1v) is 10.1. The molecule has 0 heterocycles. The van der Waals surface area contributed by atoms with Crippen molar-refractivity contribution < 1.29 is 22.0 Å². The van der Waals surface area contributed by atoms with Crippen molar-refractivity contribution in [2.24, 2.45) is 0 Å². The van der Waals surface area contributed by atoms with E-state index in [-0.39, 0.29) is 21.7 Å².